The smallest absolute Gasteiger partial charge is 0.0971 e. The van der Waals surface area contributed by atoms with Crippen molar-refractivity contribution in [2.24, 2.45) is 0 Å². The third-order valence-corrected chi connectivity index (χ3v) is 10.4. The van der Waals surface area contributed by atoms with E-state index in [9.17, 15) is 0 Å². The van der Waals surface area contributed by atoms with Crippen LogP contribution < -0.4 is 0 Å². The van der Waals surface area contributed by atoms with Crippen LogP contribution in [0.25, 0.3) is 78.1 Å². The minimum absolute atomic E-state index is 0. The molecule has 0 unspecified atom stereocenters. The van der Waals surface area contributed by atoms with Gasteiger partial charge >= 0.3 is 0 Å². The molecule has 0 aliphatic rings. The van der Waals surface area contributed by atoms with Gasteiger partial charge in [-0.25, -0.2) is 0 Å². The summed E-state index contributed by atoms with van der Waals surface area (Å²) in [5.74, 6) is 0. The van der Waals surface area contributed by atoms with E-state index in [1.807, 2.05) is 48.8 Å². The van der Waals surface area contributed by atoms with Gasteiger partial charge in [-0.15, -0.1) is 65.7 Å². The maximum Gasteiger partial charge on any atom is 0.0971 e. The molecule has 59 heavy (non-hydrogen) atoms. The summed E-state index contributed by atoms with van der Waals surface area (Å²) in [5.41, 5.74) is 18.4. The molecule has 0 fully saturated rings. The predicted molar refractivity (Wildman–Crippen MR) is 240 cm³/mol. The predicted octanol–water partition coefficient (Wildman–Crippen LogP) is 13.6. The third kappa shape index (κ3) is 9.03. The second-order valence-electron chi connectivity index (χ2n) is 15.5. The molecule has 6 aromatic carbocycles. The minimum atomic E-state index is 0. The number of fused-ring (bicyclic) bond motifs is 1. The average molecular weight is 941 g/mol. The number of benzene rings is 6. The fourth-order valence-electron chi connectivity index (χ4n) is 7.40. The van der Waals surface area contributed by atoms with Gasteiger partial charge in [0, 0.05) is 50.5 Å². The summed E-state index contributed by atoms with van der Waals surface area (Å²) >= 11 is 0. The van der Waals surface area contributed by atoms with Crippen molar-refractivity contribution in [3.63, 3.8) is 0 Å². The maximum atomic E-state index is 4.96. The van der Waals surface area contributed by atoms with Gasteiger partial charge in [0.1, 0.15) is 0 Å². The fraction of sp³-hybridized carbons (Fsp3) is 0.111. The van der Waals surface area contributed by atoms with Crippen LogP contribution in [0.4, 0.5) is 0 Å². The molecule has 0 atom stereocenters. The van der Waals surface area contributed by atoms with Crippen molar-refractivity contribution < 1.29 is 20.1 Å². The van der Waals surface area contributed by atoms with Gasteiger partial charge < -0.3 is 9.97 Å². The molecule has 9 aromatic rings. The Hall–Kier alpha value is -6.39. The molecule has 0 saturated heterocycles. The van der Waals surface area contributed by atoms with Gasteiger partial charge in [-0.1, -0.05) is 129 Å². The van der Waals surface area contributed by atoms with Gasteiger partial charge in [-0.3, -0.25) is 9.97 Å². The molecular weight excluding hydrogens is 897 g/mol. The zero-order valence-corrected chi connectivity index (χ0v) is 36.3. The van der Waals surface area contributed by atoms with E-state index in [0.717, 1.165) is 50.2 Å². The standard InChI is InChI=1S/C42H34N3.C12H10N.Ir/c1-28-34(29-12-7-5-8-13-29)18-19-35(30-14-9-6-10-15-30)39(28)37-21-20-36(40-41(37)45-25-24-44-40)31-16-11-17-32(26-31)38-27-33(22-23-43-38)42(2,3)4;1-10-7-8-13-12(9-10)11-5-3-2-4-6-11;/h5-16,18-27H,1-4H3;2-5,7-9H,1H3;/q2*-1;. The maximum absolute atomic E-state index is 4.96. The summed E-state index contributed by atoms with van der Waals surface area (Å²) in [4.78, 5) is 18.9. The first-order valence-electron chi connectivity index (χ1n) is 19.6. The van der Waals surface area contributed by atoms with Crippen LogP contribution in [0.15, 0.2) is 176 Å². The molecule has 0 aliphatic heterocycles. The summed E-state index contributed by atoms with van der Waals surface area (Å²) < 4.78 is 0. The molecule has 291 valence electrons. The van der Waals surface area contributed by atoms with Gasteiger partial charge in [0.15, 0.2) is 0 Å². The molecule has 0 aliphatic carbocycles. The molecule has 4 nitrogen and oxygen atoms in total. The first-order chi connectivity index (χ1) is 28.2. The average Bonchev–Trinajstić information content (AvgIpc) is 3.27. The largest absolute Gasteiger partial charge is 0.305 e. The Morgan fingerprint density at radius 1 is 0.441 bits per heavy atom. The van der Waals surface area contributed by atoms with Crippen molar-refractivity contribution >= 4 is 11.0 Å². The van der Waals surface area contributed by atoms with Gasteiger partial charge in [0.25, 0.3) is 0 Å². The van der Waals surface area contributed by atoms with Crippen molar-refractivity contribution in [1.29, 1.82) is 0 Å². The topological polar surface area (TPSA) is 51.6 Å². The Balaban J connectivity index is 0.000000321. The Bertz CT molecular complexity index is 2830. The third-order valence-electron chi connectivity index (χ3n) is 10.4. The van der Waals surface area contributed by atoms with Crippen molar-refractivity contribution in [2.45, 2.75) is 40.0 Å². The number of rotatable bonds is 6. The summed E-state index contributed by atoms with van der Waals surface area (Å²) in [5, 5.41) is 0. The molecule has 9 rings (SSSR count). The van der Waals surface area contributed by atoms with Crippen LogP contribution in [0.3, 0.4) is 0 Å². The Kier molecular flexibility index (Phi) is 12.5. The van der Waals surface area contributed by atoms with Gasteiger partial charge in [0.05, 0.1) is 11.0 Å². The van der Waals surface area contributed by atoms with Crippen molar-refractivity contribution in [1.82, 2.24) is 19.9 Å². The SMILES string of the molecule is Cc1c(-c2ccccc2)ccc(-c2ccccc2)c1-c1ccc(-c2cc[c-]c(-c3cc(C(C)(C)C)ccn3)c2)c2nccnc12.Cc1ccnc(-c2[c-]cccc2)c1.[Ir]. The monoisotopic (exact) mass is 941 g/mol. The summed E-state index contributed by atoms with van der Waals surface area (Å²) in [7, 11) is 0. The fourth-order valence-corrected chi connectivity index (χ4v) is 7.40. The van der Waals surface area contributed by atoms with Crippen LogP contribution in [0.1, 0.15) is 37.5 Å². The summed E-state index contributed by atoms with van der Waals surface area (Å²) in [6.45, 7) is 10.9. The quantitative estimate of drug-likeness (QED) is 0.156. The van der Waals surface area contributed by atoms with E-state index in [-0.39, 0.29) is 25.5 Å². The van der Waals surface area contributed by atoms with Crippen LogP contribution >= 0.6 is 0 Å². The van der Waals surface area contributed by atoms with E-state index >= 15 is 0 Å². The number of nitrogens with zero attached hydrogens (tertiary/aromatic N) is 4. The molecule has 1 radical (unpaired) electrons. The van der Waals surface area contributed by atoms with Crippen molar-refractivity contribution in [3.8, 4) is 67.0 Å². The van der Waals surface area contributed by atoms with Crippen molar-refractivity contribution in [2.75, 3.05) is 0 Å². The molecule has 0 spiro atoms. The Morgan fingerprint density at radius 3 is 1.68 bits per heavy atom. The van der Waals surface area contributed by atoms with E-state index in [0.29, 0.717) is 0 Å². The molecule has 3 aromatic heterocycles. The summed E-state index contributed by atoms with van der Waals surface area (Å²) in [6.07, 6.45) is 7.29. The number of aromatic nitrogens is 4. The van der Waals surface area contributed by atoms with Crippen LogP contribution in [-0.4, -0.2) is 19.9 Å². The number of aryl methyl sites for hydroxylation is 1. The van der Waals surface area contributed by atoms with Crippen LogP contribution in [-0.2, 0) is 25.5 Å². The second-order valence-corrected chi connectivity index (χ2v) is 15.5. The number of pyridine rings is 2. The van der Waals surface area contributed by atoms with Crippen molar-refractivity contribution in [3.05, 3.63) is 205 Å². The van der Waals surface area contributed by atoms with E-state index in [2.05, 4.69) is 167 Å². The molecule has 0 saturated carbocycles. The van der Waals surface area contributed by atoms with Crippen LogP contribution in [0.5, 0.6) is 0 Å². The zero-order chi connectivity index (χ0) is 40.1. The molecular formula is C54H44IrN4-2. The van der Waals surface area contributed by atoms with E-state index in [4.69, 9.17) is 15.0 Å². The van der Waals surface area contributed by atoms with E-state index < -0.39 is 0 Å². The van der Waals surface area contributed by atoms with E-state index in [1.54, 1.807) is 12.4 Å². The number of hydrogen-bond donors (Lipinski definition) is 0. The van der Waals surface area contributed by atoms with Crippen LogP contribution in [0.2, 0.25) is 0 Å². The summed E-state index contributed by atoms with van der Waals surface area (Å²) in [6, 6.07) is 59.1. The Labute approximate surface area is 361 Å². The normalized spacial score (nSPS) is 11.0. The zero-order valence-electron chi connectivity index (χ0n) is 33.9. The van der Waals surface area contributed by atoms with Gasteiger partial charge in [-0.2, -0.15) is 0 Å². The minimum Gasteiger partial charge on any atom is -0.305 e. The van der Waals surface area contributed by atoms with Crippen LogP contribution in [0, 0.1) is 26.0 Å². The van der Waals surface area contributed by atoms with Gasteiger partial charge in [-0.05, 0) is 87.3 Å². The molecule has 3 heterocycles. The second kappa shape index (κ2) is 18.0. The number of hydrogen-bond acceptors (Lipinski definition) is 4. The van der Waals surface area contributed by atoms with Gasteiger partial charge in [0.2, 0.25) is 0 Å². The first-order valence-corrected chi connectivity index (χ1v) is 19.6. The molecule has 0 amide bonds. The molecule has 0 bridgehead atoms. The molecule has 5 heteroatoms. The molecule has 0 N–H and O–H groups in total. The Morgan fingerprint density at radius 2 is 1.02 bits per heavy atom. The first kappa shape index (κ1) is 40.8. The van der Waals surface area contributed by atoms with E-state index in [1.165, 1.54) is 44.5 Å².